The highest BCUT2D eigenvalue weighted by atomic mass is 19.1. The average molecular weight is 521 g/mol. The van der Waals surface area contributed by atoms with E-state index < -0.39 is 11.6 Å². The summed E-state index contributed by atoms with van der Waals surface area (Å²) >= 11 is 0. The van der Waals surface area contributed by atoms with Gasteiger partial charge in [-0.2, -0.15) is 0 Å². The summed E-state index contributed by atoms with van der Waals surface area (Å²) in [5.74, 6) is -0.403. The van der Waals surface area contributed by atoms with E-state index in [9.17, 15) is 0 Å². The number of halogens is 2. The summed E-state index contributed by atoms with van der Waals surface area (Å²) in [6.07, 6.45) is 6.72. The maximum Gasteiger partial charge on any atom is 0.178 e. The van der Waals surface area contributed by atoms with E-state index in [-0.39, 0.29) is 17.5 Å². The molecule has 1 aromatic carbocycles. The van der Waals surface area contributed by atoms with Crippen LogP contribution in [-0.2, 0) is 19.3 Å². The zero-order valence-corrected chi connectivity index (χ0v) is 22.3. The number of aromatic nitrogens is 3. The second kappa shape index (κ2) is 10.1. The highest BCUT2D eigenvalue weighted by Gasteiger charge is 2.27. The molecule has 2 aromatic heterocycles. The average Bonchev–Trinajstić information content (AvgIpc) is 3.41. The molecule has 0 saturated carbocycles. The number of nitrogens with zero attached hydrogens (tertiary/aromatic N) is 6. The van der Waals surface area contributed by atoms with Gasteiger partial charge in [0.05, 0.1) is 42.4 Å². The standard InChI is InChI=1S/C29H34F2N6O/c1-18(2)37-11-12-38-29-22(30)13-19(14-25(29)37)28-23(31)16-33-27(34-28)15-24-20-5-4-6-21(20)26(17-32-24)36-9-7-35(3)8-10-36/h13-14,16-18H,4-12,15H2,1-3H3. The molecule has 3 aliphatic rings. The molecule has 6 rings (SSSR count). The SMILES string of the molecule is CC(C)N1CCOc2c(F)cc(-c3nc(Cc4ncc(N5CCN(C)CC5)c5c4CCC5)ncc3F)cc21. The van der Waals surface area contributed by atoms with Gasteiger partial charge >= 0.3 is 0 Å². The van der Waals surface area contributed by atoms with Crippen molar-refractivity contribution in [3.05, 3.63) is 58.8 Å². The lowest BCUT2D eigenvalue weighted by atomic mass is 10.0. The molecule has 9 heteroatoms. The van der Waals surface area contributed by atoms with Crippen LogP contribution >= 0.6 is 0 Å². The summed E-state index contributed by atoms with van der Waals surface area (Å²) in [6.45, 7) is 9.26. The lowest BCUT2D eigenvalue weighted by Crippen LogP contribution is -2.44. The van der Waals surface area contributed by atoms with Gasteiger partial charge < -0.3 is 19.4 Å². The quantitative estimate of drug-likeness (QED) is 0.498. The highest BCUT2D eigenvalue weighted by molar-refractivity contribution is 5.72. The fourth-order valence-corrected chi connectivity index (χ4v) is 5.93. The maximum atomic E-state index is 15.1. The van der Waals surface area contributed by atoms with Crippen LogP contribution in [0.1, 0.15) is 42.9 Å². The van der Waals surface area contributed by atoms with E-state index in [0.717, 1.165) is 51.1 Å². The van der Waals surface area contributed by atoms with Crippen molar-refractivity contribution in [2.24, 2.45) is 0 Å². The van der Waals surface area contributed by atoms with Crippen molar-refractivity contribution in [3.63, 3.8) is 0 Å². The Morgan fingerprint density at radius 3 is 2.50 bits per heavy atom. The van der Waals surface area contributed by atoms with Crippen LogP contribution < -0.4 is 14.5 Å². The third-order valence-corrected chi connectivity index (χ3v) is 7.99. The second-order valence-corrected chi connectivity index (χ2v) is 10.8. The summed E-state index contributed by atoms with van der Waals surface area (Å²) in [7, 11) is 2.16. The summed E-state index contributed by atoms with van der Waals surface area (Å²) in [5.41, 5.74) is 5.95. The Kier molecular flexibility index (Phi) is 6.63. The molecule has 0 spiro atoms. The van der Waals surface area contributed by atoms with Crippen molar-refractivity contribution in [3.8, 4) is 17.0 Å². The smallest absolute Gasteiger partial charge is 0.178 e. The third-order valence-electron chi connectivity index (χ3n) is 7.99. The Morgan fingerprint density at radius 2 is 1.71 bits per heavy atom. The van der Waals surface area contributed by atoms with Crippen LogP contribution in [0, 0.1) is 11.6 Å². The Balaban J connectivity index is 1.32. The number of likely N-dealkylation sites (N-methyl/N-ethyl adjacent to an activating group) is 1. The number of fused-ring (bicyclic) bond motifs is 2. The van der Waals surface area contributed by atoms with E-state index in [1.165, 1.54) is 29.1 Å². The predicted octanol–water partition coefficient (Wildman–Crippen LogP) is 4.26. The lowest BCUT2D eigenvalue weighted by molar-refractivity contribution is 0.287. The molecule has 3 aromatic rings. The first-order valence-electron chi connectivity index (χ1n) is 13.6. The maximum absolute atomic E-state index is 15.1. The summed E-state index contributed by atoms with van der Waals surface area (Å²) in [5, 5.41) is 0. The first kappa shape index (κ1) is 25.0. The first-order valence-corrected chi connectivity index (χ1v) is 13.6. The molecule has 1 aliphatic carbocycles. The molecule has 0 N–H and O–H groups in total. The molecule has 38 heavy (non-hydrogen) atoms. The molecule has 2 aliphatic heterocycles. The summed E-state index contributed by atoms with van der Waals surface area (Å²) < 4.78 is 35.7. The van der Waals surface area contributed by atoms with Crippen LogP contribution in [0.4, 0.5) is 20.2 Å². The zero-order chi connectivity index (χ0) is 26.4. The van der Waals surface area contributed by atoms with Gasteiger partial charge in [0.1, 0.15) is 18.1 Å². The molecular weight excluding hydrogens is 486 g/mol. The largest absolute Gasteiger partial charge is 0.486 e. The molecule has 1 fully saturated rings. The molecule has 200 valence electrons. The molecule has 1 saturated heterocycles. The van der Waals surface area contributed by atoms with E-state index in [1.54, 1.807) is 6.07 Å². The molecule has 0 radical (unpaired) electrons. The molecule has 0 amide bonds. The van der Waals surface area contributed by atoms with Crippen molar-refractivity contribution in [1.82, 2.24) is 19.9 Å². The van der Waals surface area contributed by atoms with Crippen molar-refractivity contribution < 1.29 is 13.5 Å². The van der Waals surface area contributed by atoms with E-state index in [0.29, 0.717) is 36.6 Å². The molecule has 0 atom stereocenters. The Labute approximate surface area is 222 Å². The third kappa shape index (κ3) is 4.57. The van der Waals surface area contributed by atoms with Gasteiger partial charge in [-0.25, -0.2) is 18.7 Å². The van der Waals surface area contributed by atoms with Crippen LogP contribution in [0.5, 0.6) is 5.75 Å². The lowest BCUT2D eigenvalue weighted by Gasteiger charge is -2.35. The van der Waals surface area contributed by atoms with Gasteiger partial charge in [0.2, 0.25) is 0 Å². The molecule has 7 nitrogen and oxygen atoms in total. The van der Waals surface area contributed by atoms with Crippen LogP contribution in [0.2, 0.25) is 0 Å². The fourth-order valence-electron chi connectivity index (χ4n) is 5.93. The Morgan fingerprint density at radius 1 is 0.921 bits per heavy atom. The number of hydrogen-bond donors (Lipinski definition) is 0. The van der Waals surface area contributed by atoms with Gasteiger partial charge in [0.15, 0.2) is 17.4 Å². The number of ether oxygens (including phenoxy) is 1. The Bertz CT molecular complexity index is 1360. The number of hydrogen-bond acceptors (Lipinski definition) is 7. The highest BCUT2D eigenvalue weighted by Crippen LogP contribution is 2.39. The minimum Gasteiger partial charge on any atom is -0.486 e. The van der Waals surface area contributed by atoms with E-state index in [2.05, 4.69) is 31.7 Å². The van der Waals surface area contributed by atoms with Gasteiger partial charge in [0, 0.05) is 37.8 Å². The normalized spacial score (nSPS) is 17.5. The van der Waals surface area contributed by atoms with Gasteiger partial charge in [0.25, 0.3) is 0 Å². The van der Waals surface area contributed by atoms with Gasteiger partial charge in [-0.1, -0.05) is 0 Å². The van der Waals surface area contributed by atoms with Gasteiger partial charge in [-0.3, -0.25) is 4.98 Å². The monoisotopic (exact) mass is 520 g/mol. The van der Waals surface area contributed by atoms with Gasteiger partial charge in [-0.15, -0.1) is 0 Å². The van der Waals surface area contributed by atoms with Crippen molar-refractivity contribution in [2.45, 2.75) is 45.6 Å². The minimum absolute atomic E-state index is 0.0941. The molecular formula is C29H34F2N6O. The summed E-state index contributed by atoms with van der Waals surface area (Å²) in [4.78, 5) is 20.6. The van der Waals surface area contributed by atoms with E-state index in [4.69, 9.17) is 9.72 Å². The van der Waals surface area contributed by atoms with Crippen molar-refractivity contribution in [1.29, 1.82) is 0 Å². The predicted molar refractivity (Wildman–Crippen MR) is 144 cm³/mol. The van der Waals surface area contributed by atoms with Crippen LogP contribution in [0.25, 0.3) is 11.3 Å². The van der Waals surface area contributed by atoms with Crippen LogP contribution in [0.15, 0.2) is 24.5 Å². The Hall–Kier alpha value is -3.33. The zero-order valence-electron chi connectivity index (χ0n) is 22.3. The van der Waals surface area contributed by atoms with Gasteiger partial charge in [-0.05, 0) is 63.4 Å². The number of benzene rings is 1. The van der Waals surface area contributed by atoms with Crippen LogP contribution in [0.3, 0.4) is 0 Å². The second-order valence-electron chi connectivity index (χ2n) is 10.8. The number of rotatable bonds is 5. The number of anilines is 2. The van der Waals surface area contributed by atoms with E-state index >= 15 is 8.78 Å². The molecule has 0 bridgehead atoms. The molecule has 0 unspecified atom stereocenters. The molecule has 4 heterocycles. The fraction of sp³-hybridized carbons (Fsp3) is 0.483. The van der Waals surface area contributed by atoms with Crippen molar-refractivity contribution >= 4 is 11.4 Å². The topological polar surface area (TPSA) is 57.6 Å². The van der Waals surface area contributed by atoms with E-state index in [1.807, 2.05) is 20.0 Å². The first-order chi connectivity index (χ1) is 18.4. The number of piperazine rings is 1. The van der Waals surface area contributed by atoms with Crippen LogP contribution in [-0.4, -0.2) is 72.3 Å². The number of pyridine rings is 1. The minimum atomic E-state index is -0.579. The summed E-state index contributed by atoms with van der Waals surface area (Å²) in [6, 6.07) is 3.23. The van der Waals surface area contributed by atoms with Crippen molar-refractivity contribution in [2.75, 3.05) is 56.2 Å².